The lowest BCUT2D eigenvalue weighted by molar-refractivity contribution is 0.143. The van der Waals surface area contributed by atoms with Gasteiger partial charge >= 0.3 is 6.03 Å². The fourth-order valence-electron chi connectivity index (χ4n) is 4.24. The number of fused-ring (bicyclic) bond motifs is 1. The topological polar surface area (TPSA) is 70.8 Å². The number of methoxy groups -OCH3 is 1. The molecule has 0 aliphatic carbocycles. The molecular weight excluding hydrogens is 416 g/mol. The third-order valence-electron chi connectivity index (χ3n) is 6.01. The Morgan fingerprint density at radius 3 is 2.64 bits per heavy atom. The maximum absolute atomic E-state index is 12.7. The lowest BCUT2D eigenvalue weighted by Crippen LogP contribution is -2.49. The van der Waals surface area contributed by atoms with Crippen LogP contribution in [0.2, 0.25) is 0 Å². The predicted octanol–water partition coefficient (Wildman–Crippen LogP) is 4.85. The van der Waals surface area contributed by atoms with Crippen LogP contribution in [0.3, 0.4) is 0 Å². The van der Waals surface area contributed by atoms with E-state index in [0.29, 0.717) is 24.5 Å². The summed E-state index contributed by atoms with van der Waals surface area (Å²) in [5.74, 6) is 1.33. The number of nitrogens with one attached hydrogen (secondary N) is 1. The maximum Gasteiger partial charge on any atom is 0.323 e. The number of para-hydroxylation sites is 2. The number of aromatic nitrogens is 1. The number of rotatable bonds is 5. The molecule has 2 heterocycles. The summed E-state index contributed by atoms with van der Waals surface area (Å²) in [5, 5.41) is 7.69. The summed E-state index contributed by atoms with van der Waals surface area (Å²) >= 11 is 0. The normalized spacial score (nSPS) is 14.4. The highest BCUT2D eigenvalue weighted by molar-refractivity contribution is 5.98. The number of carbonyl (C=O) groups is 1. The molecule has 0 unspecified atom stereocenters. The number of anilines is 1. The van der Waals surface area contributed by atoms with Crippen LogP contribution in [0.25, 0.3) is 22.1 Å². The second-order valence-electron chi connectivity index (χ2n) is 8.12. The molecule has 1 aliphatic rings. The first-order valence-electron chi connectivity index (χ1n) is 11.1. The van der Waals surface area contributed by atoms with Gasteiger partial charge in [0.25, 0.3) is 0 Å². The van der Waals surface area contributed by atoms with Gasteiger partial charge in [-0.05, 0) is 35.4 Å². The lowest BCUT2D eigenvalue weighted by Gasteiger charge is -2.34. The highest BCUT2D eigenvalue weighted by Gasteiger charge is 2.22. The smallest absolute Gasteiger partial charge is 0.323 e. The highest BCUT2D eigenvalue weighted by atomic mass is 16.5. The Morgan fingerprint density at radius 1 is 1.00 bits per heavy atom. The van der Waals surface area contributed by atoms with Crippen molar-refractivity contribution in [2.45, 2.75) is 6.54 Å². The van der Waals surface area contributed by atoms with Crippen LogP contribution in [-0.2, 0) is 6.54 Å². The minimum atomic E-state index is -0.146. The number of amides is 2. The van der Waals surface area contributed by atoms with Gasteiger partial charge in [0.15, 0.2) is 11.4 Å². The number of carbonyl (C=O) groups excluding carboxylic acids is 1. The van der Waals surface area contributed by atoms with Gasteiger partial charge in [0.1, 0.15) is 5.75 Å². The average molecular weight is 443 g/mol. The van der Waals surface area contributed by atoms with Crippen molar-refractivity contribution in [2.75, 3.05) is 38.6 Å². The summed E-state index contributed by atoms with van der Waals surface area (Å²) in [7, 11) is 1.70. The van der Waals surface area contributed by atoms with E-state index in [0.717, 1.165) is 41.9 Å². The molecule has 0 radical (unpaired) electrons. The first-order valence-corrected chi connectivity index (χ1v) is 11.1. The van der Waals surface area contributed by atoms with Crippen molar-refractivity contribution < 1.29 is 14.1 Å². The van der Waals surface area contributed by atoms with Crippen molar-refractivity contribution >= 4 is 22.8 Å². The molecular formula is C26H26N4O3. The summed E-state index contributed by atoms with van der Waals surface area (Å²) in [6.45, 7) is 3.78. The Hall–Kier alpha value is -3.84. The molecule has 1 N–H and O–H groups in total. The second kappa shape index (κ2) is 9.34. The van der Waals surface area contributed by atoms with Gasteiger partial charge in [-0.2, -0.15) is 0 Å². The summed E-state index contributed by atoms with van der Waals surface area (Å²) in [6, 6.07) is 24.0. The summed E-state index contributed by atoms with van der Waals surface area (Å²) < 4.78 is 10.8. The molecule has 2 amide bonds. The van der Waals surface area contributed by atoms with Crippen LogP contribution < -0.4 is 10.1 Å². The number of nitrogens with zero attached hydrogens (tertiary/aromatic N) is 3. The Kier molecular flexibility index (Phi) is 5.95. The van der Waals surface area contributed by atoms with Crippen molar-refractivity contribution in [1.29, 1.82) is 0 Å². The fraction of sp³-hybridized carbons (Fsp3) is 0.231. The van der Waals surface area contributed by atoms with Gasteiger partial charge in [0, 0.05) is 38.3 Å². The Morgan fingerprint density at radius 2 is 1.79 bits per heavy atom. The molecule has 3 aromatic carbocycles. The van der Waals surface area contributed by atoms with E-state index in [4.69, 9.17) is 9.26 Å². The molecule has 5 rings (SSSR count). The van der Waals surface area contributed by atoms with E-state index in [9.17, 15) is 4.79 Å². The molecule has 168 valence electrons. The van der Waals surface area contributed by atoms with Crippen LogP contribution in [0.15, 0.2) is 77.3 Å². The van der Waals surface area contributed by atoms with Crippen molar-refractivity contribution in [1.82, 2.24) is 15.0 Å². The van der Waals surface area contributed by atoms with Crippen LogP contribution in [-0.4, -0.2) is 54.3 Å². The van der Waals surface area contributed by atoms with E-state index in [1.807, 2.05) is 47.4 Å². The zero-order chi connectivity index (χ0) is 22.6. The molecule has 7 heteroatoms. The molecule has 1 aliphatic heterocycles. The zero-order valence-electron chi connectivity index (χ0n) is 18.5. The number of hydrogen-bond donors (Lipinski definition) is 1. The number of piperazine rings is 1. The van der Waals surface area contributed by atoms with Crippen LogP contribution in [0.1, 0.15) is 5.56 Å². The van der Waals surface area contributed by atoms with Crippen molar-refractivity contribution in [2.24, 2.45) is 0 Å². The summed E-state index contributed by atoms with van der Waals surface area (Å²) in [5.41, 5.74) is 4.13. The van der Waals surface area contributed by atoms with Gasteiger partial charge in [-0.3, -0.25) is 10.2 Å². The molecule has 0 atom stereocenters. The number of benzene rings is 3. The monoisotopic (exact) mass is 442 g/mol. The maximum atomic E-state index is 12.7. The van der Waals surface area contributed by atoms with E-state index in [-0.39, 0.29) is 6.03 Å². The minimum absolute atomic E-state index is 0.146. The first kappa shape index (κ1) is 21.0. The third kappa shape index (κ3) is 4.54. The molecule has 0 spiro atoms. The SMILES string of the molecule is COc1ccccc1-c1cccc(CN2CCN(C(=O)Nc3noc4ccccc34)CC2)c1. The van der Waals surface area contributed by atoms with Crippen LogP contribution in [0, 0.1) is 0 Å². The standard InChI is InChI=1S/C26H26N4O3/c1-32-23-11-4-2-9-21(23)20-8-6-7-19(17-20)18-29-13-15-30(16-14-29)26(31)27-25-22-10-3-5-12-24(22)33-28-25/h2-12,17H,13-16,18H2,1H3,(H,27,28,31). The van der Waals surface area contributed by atoms with Gasteiger partial charge in [-0.25, -0.2) is 4.79 Å². The first-order chi connectivity index (χ1) is 16.2. The molecule has 1 aromatic heterocycles. The molecule has 1 saturated heterocycles. The third-order valence-corrected chi connectivity index (χ3v) is 6.01. The van der Waals surface area contributed by atoms with Crippen LogP contribution in [0.5, 0.6) is 5.75 Å². The zero-order valence-corrected chi connectivity index (χ0v) is 18.5. The average Bonchev–Trinajstić information content (AvgIpc) is 3.27. The lowest BCUT2D eigenvalue weighted by atomic mass is 10.0. The molecule has 7 nitrogen and oxygen atoms in total. The van der Waals surface area contributed by atoms with Crippen molar-refractivity contribution in [3.05, 3.63) is 78.4 Å². The number of hydrogen-bond acceptors (Lipinski definition) is 5. The van der Waals surface area contributed by atoms with Gasteiger partial charge in [0.05, 0.1) is 12.5 Å². The Balaban J connectivity index is 1.19. The quantitative estimate of drug-likeness (QED) is 0.478. The van der Waals surface area contributed by atoms with Gasteiger partial charge < -0.3 is 14.2 Å². The van der Waals surface area contributed by atoms with Crippen LogP contribution >= 0.6 is 0 Å². The molecule has 4 aromatic rings. The summed E-state index contributed by atoms with van der Waals surface area (Å²) in [6.07, 6.45) is 0. The van der Waals surface area contributed by atoms with E-state index in [1.54, 1.807) is 7.11 Å². The van der Waals surface area contributed by atoms with Crippen molar-refractivity contribution in [3.63, 3.8) is 0 Å². The van der Waals surface area contributed by atoms with E-state index < -0.39 is 0 Å². The largest absolute Gasteiger partial charge is 0.496 e. The summed E-state index contributed by atoms with van der Waals surface area (Å²) in [4.78, 5) is 16.9. The second-order valence-corrected chi connectivity index (χ2v) is 8.12. The number of ether oxygens (including phenoxy) is 1. The van der Waals surface area contributed by atoms with E-state index in [2.05, 4.69) is 45.7 Å². The molecule has 0 saturated carbocycles. The van der Waals surface area contributed by atoms with Gasteiger partial charge in [-0.15, -0.1) is 0 Å². The van der Waals surface area contributed by atoms with Gasteiger partial charge in [0.2, 0.25) is 0 Å². The van der Waals surface area contributed by atoms with E-state index in [1.165, 1.54) is 5.56 Å². The number of urea groups is 1. The molecule has 33 heavy (non-hydrogen) atoms. The fourth-order valence-corrected chi connectivity index (χ4v) is 4.24. The highest BCUT2D eigenvalue weighted by Crippen LogP contribution is 2.30. The Labute approximate surface area is 192 Å². The van der Waals surface area contributed by atoms with Crippen molar-refractivity contribution in [3.8, 4) is 16.9 Å². The predicted molar refractivity (Wildman–Crippen MR) is 128 cm³/mol. The van der Waals surface area contributed by atoms with Gasteiger partial charge in [-0.1, -0.05) is 53.7 Å². The molecule has 1 fully saturated rings. The van der Waals surface area contributed by atoms with E-state index >= 15 is 0 Å². The Bertz CT molecular complexity index is 1260. The van der Waals surface area contributed by atoms with Crippen LogP contribution in [0.4, 0.5) is 10.6 Å². The minimum Gasteiger partial charge on any atom is -0.496 e. The molecule has 0 bridgehead atoms.